The van der Waals surface area contributed by atoms with Gasteiger partial charge in [0.05, 0.1) is 5.56 Å². The van der Waals surface area contributed by atoms with Crippen LogP contribution in [0.2, 0.25) is 0 Å². The van der Waals surface area contributed by atoms with Crippen LogP contribution in [0.5, 0.6) is 0 Å². The Bertz CT molecular complexity index is 573. The first-order valence-electron chi connectivity index (χ1n) is 6.04. The highest BCUT2D eigenvalue weighted by molar-refractivity contribution is 5.56. The zero-order valence-electron chi connectivity index (χ0n) is 9.89. The van der Waals surface area contributed by atoms with Crippen LogP contribution in [0.25, 0.3) is 11.5 Å². The summed E-state index contributed by atoms with van der Waals surface area (Å²) in [5, 5.41) is 12.7. The number of nitriles is 1. The summed E-state index contributed by atoms with van der Waals surface area (Å²) in [6.45, 7) is 1.96. The van der Waals surface area contributed by atoms with E-state index in [4.69, 9.17) is 9.78 Å². The first kappa shape index (κ1) is 10.8. The van der Waals surface area contributed by atoms with E-state index < -0.39 is 0 Å². The Morgan fingerprint density at radius 1 is 1.33 bits per heavy atom. The van der Waals surface area contributed by atoms with Crippen LogP contribution in [-0.2, 0) is 0 Å². The van der Waals surface area contributed by atoms with Gasteiger partial charge < -0.3 is 14.4 Å². The minimum atomic E-state index is 0.452. The third-order valence-corrected chi connectivity index (χ3v) is 3.10. The van der Waals surface area contributed by atoms with E-state index in [0.29, 0.717) is 17.5 Å². The lowest BCUT2D eigenvalue weighted by Crippen LogP contribution is -2.30. The Morgan fingerprint density at radius 2 is 2.17 bits per heavy atom. The van der Waals surface area contributed by atoms with Crippen LogP contribution in [0, 0.1) is 11.3 Å². The molecule has 0 atom stereocenters. The highest BCUT2D eigenvalue weighted by Crippen LogP contribution is 2.22. The van der Waals surface area contributed by atoms with Crippen LogP contribution in [0.15, 0.2) is 16.8 Å². The minimum Gasteiger partial charge on any atom is -0.352 e. The second kappa shape index (κ2) is 4.53. The highest BCUT2D eigenvalue weighted by atomic mass is 16.5. The minimum absolute atomic E-state index is 0.452. The maximum absolute atomic E-state index is 8.75. The van der Waals surface area contributed by atoms with E-state index in [0.717, 1.165) is 18.7 Å². The third-order valence-electron chi connectivity index (χ3n) is 3.10. The number of piperidine rings is 1. The fourth-order valence-electron chi connectivity index (χ4n) is 2.14. The molecule has 2 aromatic rings. The van der Waals surface area contributed by atoms with Gasteiger partial charge in [0.15, 0.2) is 0 Å². The molecule has 0 radical (unpaired) electrons. The lowest BCUT2D eigenvalue weighted by molar-refractivity contribution is 0.426. The molecule has 6 nitrogen and oxygen atoms in total. The zero-order valence-corrected chi connectivity index (χ0v) is 9.89. The van der Waals surface area contributed by atoms with Gasteiger partial charge in [-0.2, -0.15) is 10.2 Å². The molecule has 3 rings (SSSR count). The summed E-state index contributed by atoms with van der Waals surface area (Å²) in [7, 11) is 0. The summed E-state index contributed by atoms with van der Waals surface area (Å²) in [5.74, 6) is 1.10. The van der Waals surface area contributed by atoms with Crippen LogP contribution in [0.3, 0.4) is 0 Å². The smallest absolute Gasteiger partial charge is 0.266 e. The SMILES string of the molecule is N#Cc1cc(-c2nc(N3CCCCC3)no2)c[nH]1. The number of nitrogens with one attached hydrogen (secondary N) is 1. The Morgan fingerprint density at radius 3 is 2.89 bits per heavy atom. The number of nitrogens with zero attached hydrogens (tertiary/aromatic N) is 4. The molecule has 92 valence electrons. The van der Waals surface area contributed by atoms with Crippen molar-refractivity contribution in [2.24, 2.45) is 0 Å². The number of anilines is 1. The molecule has 0 aliphatic carbocycles. The van der Waals surface area contributed by atoms with Crippen LogP contribution >= 0.6 is 0 Å². The molecular formula is C12H13N5O. The van der Waals surface area contributed by atoms with E-state index in [1.54, 1.807) is 12.3 Å². The van der Waals surface area contributed by atoms with Gasteiger partial charge in [0.1, 0.15) is 11.8 Å². The van der Waals surface area contributed by atoms with Crippen molar-refractivity contribution in [3.63, 3.8) is 0 Å². The predicted molar refractivity (Wildman–Crippen MR) is 64.9 cm³/mol. The fourth-order valence-corrected chi connectivity index (χ4v) is 2.14. The van der Waals surface area contributed by atoms with Gasteiger partial charge in [0.2, 0.25) is 0 Å². The number of aromatic nitrogens is 3. The summed E-state index contributed by atoms with van der Waals surface area (Å²) in [5.41, 5.74) is 1.24. The largest absolute Gasteiger partial charge is 0.352 e. The van der Waals surface area contributed by atoms with Crippen molar-refractivity contribution in [3.8, 4) is 17.5 Å². The molecule has 1 saturated heterocycles. The van der Waals surface area contributed by atoms with Gasteiger partial charge in [0, 0.05) is 19.3 Å². The molecule has 0 saturated carbocycles. The van der Waals surface area contributed by atoms with E-state index in [1.165, 1.54) is 19.3 Å². The van der Waals surface area contributed by atoms with E-state index in [9.17, 15) is 0 Å². The van der Waals surface area contributed by atoms with Crippen LogP contribution in [-0.4, -0.2) is 28.2 Å². The summed E-state index contributed by atoms with van der Waals surface area (Å²) >= 11 is 0. The monoisotopic (exact) mass is 243 g/mol. The molecule has 2 aromatic heterocycles. The fraction of sp³-hybridized carbons (Fsp3) is 0.417. The number of aromatic amines is 1. The lowest BCUT2D eigenvalue weighted by atomic mass is 10.1. The molecule has 1 fully saturated rings. The molecule has 0 aromatic carbocycles. The Balaban J connectivity index is 1.82. The average molecular weight is 243 g/mol. The van der Waals surface area contributed by atoms with Crippen molar-refractivity contribution in [1.82, 2.24) is 15.1 Å². The molecule has 3 heterocycles. The number of hydrogen-bond donors (Lipinski definition) is 1. The number of H-pyrrole nitrogens is 1. The van der Waals surface area contributed by atoms with Gasteiger partial charge >= 0.3 is 0 Å². The van der Waals surface area contributed by atoms with Gasteiger partial charge in [-0.25, -0.2) is 0 Å². The summed E-state index contributed by atoms with van der Waals surface area (Å²) in [6, 6.07) is 3.73. The van der Waals surface area contributed by atoms with E-state index in [1.807, 2.05) is 6.07 Å². The maximum atomic E-state index is 8.75. The third kappa shape index (κ3) is 1.95. The average Bonchev–Trinajstić information content (AvgIpc) is 3.08. The summed E-state index contributed by atoms with van der Waals surface area (Å²) in [6.07, 6.45) is 5.32. The van der Waals surface area contributed by atoms with Crippen molar-refractivity contribution in [3.05, 3.63) is 18.0 Å². The normalized spacial score (nSPS) is 15.6. The van der Waals surface area contributed by atoms with Gasteiger partial charge in [-0.3, -0.25) is 0 Å². The first-order valence-corrected chi connectivity index (χ1v) is 6.04. The maximum Gasteiger partial charge on any atom is 0.266 e. The van der Waals surface area contributed by atoms with Crippen molar-refractivity contribution in [2.45, 2.75) is 19.3 Å². The second-order valence-electron chi connectivity index (χ2n) is 4.36. The molecule has 0 amide bonds. The standard InChI is InChI=1S/C12H13N5O/c13-7-10-6-9(8-14-10)11-15-12(16-18-11)17-4-2-1-3-5-17/h6,8,14H,1-5H2. The quantitative estimate of drug-likeness (QED) is 0.871. The van der Waals surface area contributed by atoms with Crippen LogP contribution in [0.1, 0.15) is 25.0 Å². The molecule has 0 bridgehead atoms. The molecule has 1 aliphatic heterocycles. The molecular weight excluding hydrogens is 230 g/mol. The van der Waals surface area contributed by atoms with Gasteiger partial charge in [0.25, 0.3) is 11.8 Å². The first-order chi connectivity index (χ1) is 8.86. The molecule has 0 spiro atoms. The molecule has 1 aliphatic rings. The van der Waals surface area contributed by atoms with Crippen molar-refractivity contribution in [2.75, 3.05) is 18.0 Å². The summed E-state index contributed by atoms with van der Waals surface area (Å²) < 4.78 is 5.23. The van der Waals surface area contributed by atoms with Gasteiger partial charge in [-0.15, -0.1) is 0 Å². The Kier molecular flexibility index (Phi) is 2.73. The van der Waals surface area contributed by atoms with Crippen LogP contribution < -0.4 is 4.90 Å². The van der Waals surface area contributed by atoms with E-state index in [-0.39, 0.29) is 0 Å². The van der Waals surface area contributed by atoms with Gasteiger partial charge in [-0.05, 0) is 30.5 Å². The van der Waals surface area contributed by atoms with Crippen molar-refractivity contribution < 1.29 is 4.52 Å². The molecule has 6 heteroatoms. The van der Waals surface area contributed by atoms with Crippen molar-refractivity contribution >= 4 is 5.95 Å². The highest BCUT2D eigenvalue weighted by Gasteiger charge is 2.17. The predicted octanol–water partition coefficient (Wildman–Crippen LogP) is 1.93. The Hall–Kier alpha value is -2.29. The molecule has 18 heavy (non-hydrogen) atoms. The number of rotatable bonds is 2. The second-order valence-corrected chi connectivity index (χ2v) is 4.36. The van der Waals surface area contributed by atoms with Crippen molar-refractivity contribution in [1.29, 1.82) is 5.26 Å². The topological polar surface area (TPSA) is 81.7 Å². The van der Waals surface area contributed by atoms with E-state index in [2.05, 4.69) is 20.0 Å². The van der Waals surface area contributed by atoms with Crippen LogP contribution in [0.4, 0.5) is 5.95 Å². The molecule has 1 N–H and O–H groups in total. The Labute approximate surface area is 104 Å². The lowest BCUT2D eigenvalue weighted by Gasteiger charge is -2.24. The van der Waals surface area contributed by atoms with Gasteiger partial charge in [-0.1, -0.05) is 0 Å². The summed E-state index contributed by atoms with van der Waals surface area (Å²) in [4.78, 5) is 9.34. The van der Waals surface area contributed by atoms with E-state index >= 15 is 0 Å². The number of hydrogen-bond acceptors (Lipinski definition) is 5. The molecule has 0 unspecified atom stereocenters. The zero-order chi connectivity index (χ0) is 12.4.